The molecule has 0 aliphatic carbocycles. The van der Waals surface area contributed by atoms with Crippen LogP contribution in [0.25, 0.3) is 0 Å². The summed E-state index contributed by atoms with van der Waals surface area (Å²) >= 11 is 0. The second-order valence-corrected chi connectivity index (χ2v) is 4.03. The van der Waals surface area contributed by atoms with Gasteiger partial charge in [-0.15, -0.1) is 0 Å². The van der Waals surface area contributed by atoms with Crippen molar-refractivity contribution < 1.29 is 4.79 Å². The van der Waals surface area contributed by atoms with Crippen molar-refractivity contribution >= 4 is 17.8 Å². The summed E-state index contributed by atoms with van der Waals surface area (Å²) < 4.78 is 2.11. The van der Waals surface area contributed by atoms with Crippen LogP contribution < -0.4 is 5.73 Å². The third-order valence-corrected chi connectivity index (χ3v) is 2.91. The number of carbonyl (C=O) groups excluding carboxylic acids is 1. The van der Waals surface area contributed by atoms with Crippen molar-refractivity contribution in [3.8, 4) is 0 Å². The Kier molecular flexibility index (Phi) is 2.08. The van der Waals surface area contributed by atoms with Crippen LogP contribution in [0.3, 0.4) is 0 Å². The van der Waals surface area contributed by atoms with E-state index in [1.165, 1.54) is 0 Å². The molecule has 1 aliphatic heterocycles. The van der Waals surface area contributed by atoms with Gasteiger partial charge in [-0.3, -0.25) is 9.79 Å². The zero-order chi connectivity index (χ0) is 11.8. The Bertz CT molecular complexity index is 625. The zero-order valence-electron chi connectivity index (χ0n) is 9.13. The summed E-state index contributed by atoms with van der Waals surface area (Å²) in [5.41, 5.74) is 8.70. The highest BCUT2D eigenvalue weighted by atomic mass is 16.1. The molecule has 0 bridgehead atoms. The van der Waals surface area contributed by atoms with Gasteiger partial charge in [0, 0.05) is 18.3 Å². The first-order chi connectivity index (χ1) is 8.24. The summed E-state index contributed by atoms with van der Waals surface area (Å²) in [4.78, 5) is 15.5. The van der Waals surface area contributed by atoms with Gasteiger partial charge in [0.05, 0.1) is 17.6 Å². The topological polar surface area (TPSA) is 60.4 Å². The number of rotatable bonds is 1. The zero-order valence-corrected chi connectivity index (χ0v) is 9.13. The molecule has 1 amide bonds. The molecule has 2 aromatic rings. The molecule has 0 fully saturated rings. The van der Waals surface area contributed by atoms with Gasteiger partial charge >= 0.3 is 0 Å². The van der Waals surface area contributed by atoms with Gasteiger partial charge in [0.15, 0.2) is 0 Å². The molecule has 2 N–H and O–H groups in total. The number of aliphatic imine (C=N–C) groups is 1. The molecule has 1 aromatic heterocycles. The van der Waals surface area contributed by atoms with E-state index in [1.54, 1.807) is 18.3 Å². The minimum absolute atomic E-state index is 0.424. The van der Waals surface area contributed by atoms with Crippen LogP contribution in [0.4, 0.5) is 5.69 Å². The summed E-state index contributed by atoms with van der Waals surface area (Å²) in [5.74, 6) is -0.424. The molecule has 84 valence electrons. The van der Waals surface area contributed by atoms with Crippen LogP contribution in [-0.2, 0) is 6.54 Å². The number of carbonyl (C=O) groups is 1. The molecule has 1 aromatic carbocycles. The lowest BCUT2D eigenvalue weighted by Gasteiger charge is -2.06. The van der Waals surface area contributed by atoms with Crippen LogP contribution in [0, 0.1) is 0 Å². The summed E-state index contributed by atoms with van der Waals surface area (Å²) in [6, 6.07) is 9.38. The number of primary amides is 1. The smallest absolute Gasteiger partial charge is 0.248 e. The van der Waals surface area contributed by atoms with Gasteiger partial charge in [-0.1, -0.05) is 6.07 Å². The number of aromatic nitrogens is 1. The third-order valence-electron chi connectivity index (χ3n) is 2.91. The van der Waals surface area contributed by atoms with Gasteiger partial charge < -0.3 is 10.3 Å². The molecule has 0 spiro atoms. The van der Waals surface area contributed by atoms with Gasteiger partial charge in [0.2, 0.25) is 5.91 Å². The van der Waals surface area contributed by atoms with Crippen LogP contribution in [0.15, 0.2) is 41.5 Å². The normalized spacial score (nSPS) is 12.7. The summed E-state index contributed by atoms with van der Waals surface area (Å²) in [5, 5.41) is 0. The van der Waals surface area contributed by atoms with E-state index in [4.69, 9.17) is 5.73 Å². The largest absolute Gasteiger partial charge is 0.366 e. The maximum absolute atomic E-state index is 11.1. The number of fused-ring (bicyclic) bond motifs is 2. The number of nitrogens with zero attached hydrogens (tertiary/aromatic N) is 2. The highest BCUT2D eigenvalue weighted by molar-refractivity contribution is 5.94. The van der Waals surface area contributed by atoms with Crippen LogP contribution in [0.1, 0.15) is 21.6 Å². The quantitative estimate of drug-likeness (QED) is 0.673. The fourth-order valence-corrected chi connectivity index (χ4v) is 1.98. The average Bonchev–Trinajstić information content (AvgIpc) is 2.68. The van der Waals surface area contributed by atoms with Crippen LogP contribution in [0.2, 0.25) is 0 Å². The molecule has 0 saturated heterocycles. The Balaban J connectivity index is 2.11. The van der Waals surface area contributed by atoms with E-state index in [2.05, 4.69) is 9.56 Å². The molecule has 1 aliphatic rings. The molecule has 0 radical (unpaired) electrons. The lowest BCUT2D eigenvalue weighted by atomic mass is 10.1. The van der Waals surface area contributed by atoms with Gasteiger partial charge in [0.1, 0.15) is 0 Å². The Morgan fingerprint density at radius 2 is 2.24 bits per heavy atom. The monoisotopic (exact) mass is 225 g/mol. The van der Waals surface area contributed by atoms with E-state index < -0.39 is 5.91 Å². The van der Waals surface area contributed by atoms with Crippen molar-refractivity contribution in [3.63, 3.8) is 0 Å². The van der Waals surface area contributed by atoms with Crippen molar-refractivity contribution in [2.45, 2.75) is 6.54 Å². The lowest BCUT2D eigenvalue weighted by Crippen LogP contribution is -2.10. The SMILES string of the molecule is NC(=O)c1ccc2c(c1)N=Cc1cccn1C2. The predicted octanol–water partition coefficient (Wildman–Crippen LogP) is 1.70. The average molecular weight is 225 g/mol. The minimum atomic E-state index is -0.424. The molecule has 3 rings (SSSR count). The fourth-order valence-electron chi connectivity index (χ4n) is 1.98. The van der Waals surface area contributed by atoms with E-state index in [1.807, 2.05) is 24.4 Å². The Morgan fingerprint density at radius 1 is 1.35 bits per heavy atom. The molecular weight excluding hydrogens is 214 g/mol. The standard InChI is InChI=1S/C13H11N3O/c14-13(17)9-3-4-10-8-16-5-1-2-11(16)7-15-12(10)6-9/h1-7H,8H2,(H2,14,17). The minimum Gasteiger partial charge on any atom is -0.366 e. The molecule has 0 atom stereocenters. The number of hydrogen-bond donors (Lipinski definition) is 1. The summed E-state index contributed by atoms with van der Waals surface area (Å²) in [6.07, 6.45) is 3.81. The van der Waals surface area contributed by atoms with Crippen molar-refractivity contribution in [3.05, 3.63) is 53.3 Å². The Hall–Kier alpha value is -2.36. The van der Waals surface area contributed by atoms with Gasteiger partial charge in [-0.2, -0.15) is 0 Å². The van der Waals surface area contributed by atoms with Gasteiger partial charge in [-0.25, -0.2) is 0 Å². The van der Waals surface area contributed by atoms with E-state index in [0.717, 1.165) is 23.5 Å². The molecule has 0 unspecified atom stereocenters. The lowest BCUT2D eigenvalue weighted by molar-refractivity contribution is 0.100. The number of hydrogen-bond acceptors (Lipinski definition) is 2. The van der Waals surface area contributed by atoms with Crippen molar-refractivity contribution in [1.29, 1.82) is 0 Å². The maximum Gasteiger partial charge on any atom is 0.248 e. The van der Waals surface area contributed by atoms with Gasteiger partial charge in [-0.05, 0) is 29.8 Å². The van der Waals surface area contributed by atoms with Gasteiger partial charge in [0.25, 0.3) is 0 Å². The highest BCUT2D eigenvalue weighted by Crippen LogP contribution is 2.24. The molecule has 17 heavy (non-hydrogen) atoms. The van der Waals surface area contributed by atoms with Crippen LogP contribution in [0.5, 0.6) is 0 Å². The van der Waals surface area contributed by atoms with Crippen molar-refractivity contribution in [2.75, 3.05) is 0 Å². The van der Waals surface area contributed by atoms with Crippen molar-refractivity contribution in [1.82, 2.24) is 4.57 Å². The van der Waals surface area contributed by atoms with E-state index in [0.29, 0.717) is 5.56 Å². The Morgan fingerprint density at radius 3 is 3.06 bits per heavy atom. The summed E-state index contributed by atoms with van der Waals surface area (Å²) in [7, 11) is 0. The van der Waals surface area contributed by atoms with Crippen LogP contribution in [-0.4, -0.2) is 16.7 Å². The summed E-state index contributed by atoms with van der Waals surface area (Å²) in [6.45, 7) is 0.761. The molecule has 0 saturated carbocycles. The number of nitrogens with two attached hydrogens (primary N) is 1. The molecule has 4 nitrogen and oxygen atoms in total. The highest BCUT2D eigenvalue weighted by Gasteiger charge is 2.10. The molecular formula is C13H11N3O. The first-order valence-electron chi connectivity index (χ1n) is 5.36. The number of amides is 1. The number of benzene rings is 1. The fraction of sp³-hybridized carbons (Fsp3) is 0.0769. The van der Waals surface area contributed by atoms with Crippen molar-refractivity contribution in [2.24, 2.45) is 10.7 Å². The van der Waals surface area contributed by atoms with Crippen LogP contribution >= 0.6 is 0 Å². The predicted molar refractivity (Wildman–Crippen MR) is 65.7 cm³/mol. The van der Waals surface area contributed by atoms with E-state index in [-0.39, 0.29) is 0 Å². The first-order valence-corrected chi connectivity index (χ1v) is 5.36. The molecule has 4 heteroatoms. The molecule has 2 heterocycles. The second kappa shape index (κ2) is 3.59. The first kappa shape index (κ1) is 9.84. The Labute approximate surface area is 98.4 Å². The second-order valence-electron chi connectivity index (χ2n) is 4.03. The van der Waals surface area contributed by atoms with E-state index >= 15 is 0 Å². The maximum atomic E-state index is 11.1. The third kappa shape index (κ3) is 1.63. The van der Waals surface area contributed by atoms with E-state index in [9.17, 15) is 4.79 Å².